The van der Waals surface area contributed by atoms with E-state index in [2.05, 4.69) is 0 Å². The van der Waals surface area contributed by atoms with Crippen molar-refractivity contribution in [1.29, 1.82) is 0 Å². The number of nitrogens with zero attached hydrogens (tertiary/aromatic N) is 1. The van der Waals surface area contributed by atoms with Crippen LogP contribution in [0.5, 0.6) is 0 Å². The van der Waals surface area contributed by atoms with Crippen molar-refractivity contribution in [2.45, 2.75) is 45.3 Å². The van der Waals surface area contributed by atoms with E-state index in [1.807, 2.05) is 30.3 Å². The molecule has 1 fully saturated rings. The van der Waals surface area contributed by atoms with Crippen molar-refractivity contribution in [1.82, 2.24) is 4.90 Å². The Morgan fingerprint density at radius 1 is 1.03 bits per heavy atom. The second-order valence-electron chi connectivity index (χ2n) is 7.14. The summed E-state index contributed by atoms with van der Waals surface area (Å²) in [5.41, 5.74) is 1.15. The third kappa shape index (κ3) is 6.45. The molecule has 1 heterocycles. The Morgan fingerprint density at radius 2 is 1.55 bits per heavy atom. The largest absolute Gasteiger partial charge is 0.465 e. The van der Waals surface area contributed by atoms with Crippen LogP contribution < -0.4 is 0 Å². The van der Waals surface area contributed by atoms with E-state index in [4.69, 9.17) is 9.47 Å². The first-order valence-corrected chi connectivity index (χ1v) is 9.95. The fourth-order valence-corrected chi connectivity index (χ4v) is 3.81. The molecule has 1 aromatic rings. The van der Waals surface area contributed by atoms with Gasteiger partial charge in [0.1, 0.15) is 6.04 Å². The number of benzene rings is 1. The van der Waals surface area contributed by atoms with Gasteiger partial charge in [-0.1, -0.05) is 30.3 Å². The highest BCUT2D eigenvalue weighted by molar-refractivity contribution is 5.96. The van der Waals surface area contributed by atoms with Gasteiger partial charge in [0.25, 0.3) is 0 Å². The minimum atomic E-state index is -4.77. The first kappa shape index (κ1) is 23.2. The Balaban J connectivity index is 2.14. The number of likely N-dealkylation sites (tertiary alicyclic amines) is 1. The lowest BCUT2D eigenvalue weighted by molar-refractivity contribution is -0.214. The molecule has 162 valence electrons. The number of piperidine rings is 1. The second kappa shape index (κ2) is 10.6. The van der Waals surface area contributed by atoms with E-state index in [9.17, 15) is 22.8 Å². The smallest absolute Gasteiger partial charge is 0.405 e. The molecule has 5 nitrogen and oxygen atoms in total. The van der Waals surface area contributed by atoms with E-state index in [1.54, 1.807) is 0 Å². The molecule has 1 aliphatic rings. The van der Waals surface area contributed by atoms with Gasteiger partial charge in [0.05, 0.1) is 13.2 Å². The van der Waals surface area contributed by atoms with E-state index in [0.717, 1.165) is 12.0 Å². The summed E-state index contributed by atoms with van der Waals surface area (Å²) in [5, 5.41) is 0. The topological polar surface area (TPSA) is 55.8 Å². The zero-order chi connectivity index (χ0) is 21.4. The SMILES string of the molecule is CCOC(=O)C(C(=O)OCC)C(N1CCC(Cc2ccccc2)CC1)C(F)(F)F. The fourth-order valence-electron chi connectivity index (χ4n) is 3.81. The zero-order valence-corrected chi connectivity index (χ0v) is 16.8. The number of hydrogen-bond acceptors (Lipinski definition) is 5. The number of rotatable bonds is 8. The van der Waals surface area contributed by atoms with Crippen molar-refractivity contribution in [2.75, 3.05) is 26.3 Å². The number of hydrogen-bond donors (Lipinski definition) is 0. The van der Waals surface area contributed by atoms with Gasteiger partial charge in [0, 0.05) is 0 Å². The first-order valence-electron chi connectivity index (χ1n) is 9.95. The van der Waals surface area contributed by atoms with Crippen molar-refractivity contribution < 1.29 is 32.2 Å². The lowest BCUT2D eigenvalue weighted by Gasteiger charge is -2.40. The quantitative estimate of drug-likeness (QED) is 0.480. The highest BCUT2D eigenvalue weighted by Crippen LogP contribution is 2.35. The van der Waals surface area contributed by atoms with Gasteiger partial charge in [-0.25, -0.2) is 0 Å². The minimum Gasteiger partial charge on any atom is -0.465 e. The molecule has 0 amide bonds. The summed E-state index contributed by atoms with van der Waals surface area (Å²) < 4.78 is 51.4. The third-order valence-corrected chi connectivity index (χ3v) is 5.14. The van der Waals surface area contributed by atoms with Crippen molar-refractivity contribution in [2.24, 2.45) is 11.8 Å². The van der Waals surface area contributed by atoms with E-state index < -0.39 is 30.1 Å². The Hall–Kier alpha value is -2.09. The van der Waals surface area contributed by atoms with Crippen molar-refractivity contribution in [3.05, 3.63) is 35.9 Å². The molecule has 8 heteroatoms. The first-order chi connectivity index (χ1) is 13.8. The summed E-state index contributed by atoms with van der Waals surface area (Å²) in [4.78, 5) is 25.7. The molecular formula is C21H28F3NO4. The third-order valence-electron chi connectivity index (χ3n) is 5.14. The van der Waals surface area contributed by atoms with Gasteiger partial charge < -0.3 is 9.47 Å². The van der Waals surface area contributed by atoms with Gasteiger partial charge >= 0.3 is 18.1 Å². The van der Waals surface area contributed by atoms with Gasteiger partial charge in [0.2, 0.25) is 0 Å². The average molecular weight is 415 g/mol. The zero-order valence-electron chi connectivity index (χ0n) is 16.8. The Labute approximate surface area is 169 Å². The molecule has 0 aromatic heterocycles. The number of ether oxygens (including phenoxy) is 2. The van der Waals surface area contributed by atoms with Gasteiger partial charge in [0.15, 0.2) is 5.92 Å². The Kier molecular flexibility index (Phi) is 8.49. The molecule has 0 aliphatic carbocycles. The molecule has 0 spiro atoms. The maximum Gasteiger partial charge on any atom is 0.405 e. The van der Waals surface area contributed by atoms with Crippen LogP contribution in [0.2, 0.25) is 0 Å². The van der Waals surface area contributed by atoms with Crippen LogP contribution in [0.15, 0.2) is 30.3 Å². The maximum atomic E-state index is 13.9. The Morgan fingerprint density at radius 3 is 2.00 bits per heavy atom. The van der Waals surface area contributed by atoms with Crippen LogP contribution in [-0.2, 0) is 25.5 Å². The molecule has 0 bridgehead atoms. The highest BCUT2D eigenvalue weighted by atomic mass is 19.4. The lowest BCUT2D eigenvalue weighted by Crippen LogP contribution is -2.57. The summed E-state index contributed by atoms with van der Waals surface area (Å²) in [6.45, 7) is 3.04. The Bertz CT molecular complexity index is 640. The van der Waals surface area contributed by atoms with Crippen LogP contribution in [0, 0.1) is 11.8 Å². The summed E-state index contributed by atoms with van der Waals surface area (Å²) in [6, 6.07) is 7.55. The number of halogens is 3. The fraction of sp³-hybridized carbons (Fsp3) is 0.619. The molecule has 1 unspecified atom stereocenters. The van der Waals surface area contributed by atoms with E-state index in [1.165, 1.54) is 18.7 Å². The van der Waals surface area contributed by atoms with E-state index in [-0.39, 0.29) is 32.2 Å². The van der Waals surface area contributed by atoms with Crippen LogP contribution in [0.25, 0.3) is 0 Å². The molecule has 0 N–H and O–H groups in total. The number of esters is 2. The summed E-state index contributed by atoms with van der Waals surface area (Å²) >= 11 is 0. The lowest BCUT2D eigenvalue weighted by atomic mass is 9.87. The standard InChI is InChI=1S/C21H28F3NO4/c1-3-28-19(26)17(20(27)29-4-2)18(21(22,23)24)25-12-10-16(11-13-25)14-15-8-6-5-7-9-15/h5-9,16-18H,3-4,10-14H2,1-2H3. The summed E-state index contributed by atoms with van der Waals surface area (Å²) in [6.07, 6.45) is -2.86. The molecule has 29 heavy (non-hydrogen) atoms. The van der Waals surface area contributed by atoms with Gasteiger partial charge in [-0.05, 0) is 57.7 Å². The van der Waals surface area contributed by atoms with Gasteiger partial charge in [-0.15, -0.1) is 0 Å². The normalized spacial score (nSPS) is 17.2. The molecule has 0 saturated carbocycles. The van der Waals surface area contributed by atoms with Crippen molar-refractivity contribution in [3.8, 4) is 0 Å². The predicted octanol–water partition coefficient (Wildman–Crippen LogP) is 3.61. The predicted molar refractivity (Wildman–Crippen MR) is 101 cm³/mol. The van der Waals surface area contributed by atoms with Crippen LogP contribution in [-0.4, -0.2) is 55.4 Å². The molecular weight excluding hydrogens is 387 g/mol. The molecule has 1 saturated heterocycles. The number of alkyl halides is 3. The van der Waals surface area contributed by atoms with Crippen molar-refractivity contribution in [3.63, 3.8) is 0 Å². The van der Waals surface area contributed by atoms with Crippen molar-refractivity contribution >= 4 is 11.9 Å². The molecule has 0 radical (unpaired) electrons. The number of carbonyl (C=O) groups excluding carboxylic acids is 2. The van der Waals surface area contributed by atoms with E-state index >= 15 is 0 Å². The summed E-state index contributed by atoms with van der Waals surface area (Å²) in [7, 11) is 0. The second-order valence-corrected chi connectivity index (χ2v) is 7.14. The van der Waals surface area contributed by atoms with Crippen LogP contribution in [0.3, 0.4) is 0 Å². The molecule has 1 aromatic carbocycles. The number of carbonyl (C=O) groups is 2. The maximum absolute atomic E-state index is 13.9. The molecule has 1 aliphatic heterocycles. The monoisotopic (exact) mass is 415 g/mol. The average Bonchev–Trinajstić information content (AvgIpc) is 2.67. The van der Waals surface area contributed by atoms with Gasteiger partial charge in [-0.3, -0.25) is 14.5 Å². The minimum absolute atomic E-state index is 0.113. The van der Waals surface area contributed by atoms with Crippen LogP contribution >= 0.6 is 0 Å². The van der Waals surface area contributed by atoms with Crippen LogP contribution in [0.1, 0.15) is 32.3 Å². The summed E-state index contributed by atoms with van der Waals surface area (Å²) in [5.74, 6) is -4.17. The van der Waals surface area contributed by atoms with E-state index in [0.29, 0.717) is 12.8 Å². The molecule has 1 atom stereocenters. The highest BCUT2D eigenvalue weighted by Gasteiger charge is 2.55. The van der Waals surface area contributed by atoms with Crippen LogP contribution in [0.4, 0.5) is 13.2 Å². The van der Waals surface area contributed by atoms with Gasteiger partial charge in [-0.2, -0.15) is 13.2 Å². The molecule has 2 rings (SSSR count).